The normalized spacial score (nSPS) is 15.5. The van der Waals surface area contributed by atoms with Crippen LogP contribution in [0.25, 0.3) is 16.0 Å². The van der Waals surface area contributed by atoms with Crippen molar-refractivity contribution in [2.24, 2.45) is 5.10 Å². The van der Waals surface area contributed by atoms with Gasteiger partial charge in [0.1, 0.15) is 11.4 Å². The van der Waals surface area contributed by atoms with Crippen LogP contribution in [0, 0.1) is 0 Å². The quantitative estimate of drug-likeness (QED) is 0.215. The second kappa shape index (κ2) is 10.4. The van der Waals surface area contributed by atoms with E-state index in [0.717, 1.165) is 22.4 Å². The first kappa shape index (κ1) is 27.6. The Kier molecular flexibility index (Phi) is 6.97. The fraction of sp³-hybridized carbons (Fsp3) is 0.107. The van der Waals surface area contributed by atoms with E-state index in [1.54, 1.807) is 48.5 Å². The zero-order valence-electron chi connectivity index (χ0n) is 20.5. The Labute approximate surface area is 249 Å². The number of benzene rings is 2. The van der Waals surface area contributed by atoms with Crippen molar-refractivity contribution in [2.45, 2.75) is 18.6 Å². The average molecular weight is 636 g/mol. The lowest BCUT2D eigenvalue weighted by Gasteiger charge is -2.21. The SMILES string of the molecule is O=C(c1cc2cc(-c3ccc(Cl)s3)cc(C(F)(F)F)n2n1)N1N=C(c2ccc(Cl)c(Cl)c2)C[C@H]1c1ccccc1O. The molecule has 6 nitrogen and oxygen atoms in total. The lowest BCUT2D eigenvalue weighted by molar-refractivity contribution is -0.142. The molecule has 0 saturated carbocycles. The van der Waals surface area contributed by atoms with Crippen molar-refractivity contribution in [3.8, 4) is 16.2 Å². The van der Waals surface area contributed by atoms with Gasteiger partial charge in [-0.05, 0) is 59.7 Å². The summed E-state index contributed by atoms with van der Waals surface area (Å²) >= 11 is 19.4. The van der Waals surface area contributed by atoms with Crippen molar-refractivity contribution in [1.82, 2.24) is 14.6 Å². The number of alkyl halides is 3. The highest BCUT2D eigenvalue weighted by Gasteiger charge is 2.38. The predicted molar refractivity (Wildman–Crippen MR) is 153 cm³/mol. The first-order valence-electron chi connectivity index (χ1n) is 12.0. The van der Waals surface area contributed by atoms with E-state index >= 15 is 0 Å². The molecule has 41 heavy (non-hydrogen) atoms. The molecule has 1 aliphatic rings. The van der Waals surface area contributed by atoms with Crippen LogP contribution in [-0.4, -0.2) is 31.3 Å². The molecule has 4 heterocycles. The van der Waals surface area contributed by atoms with Crippen LogP contribution in [0.5, 0.6) is 5.75 Å². The summed E-state index contributed by atoms with van der Waals surface area (Å²) < 4.78 is 43.5. The zero-order valence-corrected chi connectivity index (χ0v) is 23.6. The van der Waals surface area contributed by atoms with E-state index in [2.05, 4.69) is 10.2 Å². The van der Waals surface area contributed by atoms with Crippen LogP contribution in [0.3, 0.4) is 0 Å². The number of phenolic OH excluding ortho intramolecular Hbond substituents is 1. The lowest BCUT2D eigenvalue weighted by Crippen LogP contribution is -2.27. The highest BCUT2D eigenvalue weighted by Crippen LogP contribution is 2.40. The Morgan fingerprint density at radius 3 is 2.41 bits per heavy atom. The molecule has 0 radical (unpaired) electrons. The number of pyridine rings is 1. The fourth-order valence-corrected chi connectivity index (χ4v) is 6.02. The summed E-state index contributed by atoms with van der Waals surface area (Å²) in [6.45, 7) is 0. The smallest absolute Gasteiger partial charge is 0.433 e. The maximum atomic E-state index is 14.1. The topological polar surface area (TPSA) is 70.2 Å². The van der Waals surface area contributed by atoms with E-state index in [4.69, 9.17) is 34.8 Å². The Morgan fingerprint density at radius 2 is 1.73 bits per heavy atom. The number of halogens is 6. The number of nitrogens with zero attached hydrogens (tertiary/aromatic N) is 4. The van der Waals surface area contributed by atoms with Gasteiger partial charge in [-0.15, -0.1) is 11.3 Å². The zero-order chi connectivity index (χ0) is 29.1. The van der Waals surface area contributed by atoms with E-state index in [1.807, 2.05) is 0 Å². The number of aromatic nitrogens is 2. The van der Waals surface area contributed by atoms with Crippen LogP contribution in [0.2, 0.25) is 14.4 Å². The van der Waals surface area contributed by atoms with E-state index in [0.29, 0.717) is 40.6 Å². The Balaban J connectivity index is 1.46. The molecule has 3 aromatic heterocycles. The standard InChI is InChI=1S/C28H16Cl3F3N4O2S/c29-18-6-5-14(10-19(18)30)20-13-22(17-3-1-2-4-23(17)39)38(35-20)27(40)21-12-16-9-15(24-7-8-26(31)41-24)11-25(28(32,33)34)37(16)36-21/h1-12,22,39H,13H2/t22-/m0/s1. The van der Waals surface area contributed by atoms with Gasteiger partial charge in [0.25, 0.3) is 5.91 Å². The maximum Gasteiger partial charge on any atom is 0.433 e. The maximum absolute atomic E-state index is 14.1. The highest BCUT2D eigenvalue weighted by atomic mass is 35.5. The number of para-hydroxylation sites is 1. The van der Waals surface area contributed by atoms with Gasteiger partial charge in [-0.2, -0.15) is 23.4 Å². The second-order valence-corrected chi connectivity index (χ2v) is 11.7. The number of carbonyl (C=O) groups excluding carboxylic acids is 1. The van der Waals surface area contributed by atoms with Crippen LogP contribution < -0.4 is 0 Å². The summed E-state index contributed by atoms with van der Waals surface area (Å²) in [7, 11) is 0. The number of phenols is 1. The molecule has 1 atom stereocenters. The van der Waals surface area contributed by atoms with Gasteiger partial charge in [-0.1, -0.05) is 59.1 Å². The first-order chi connectivity index (χ1) is 19.5. The average Bonchev–Trinajstić information content (AvgIpc) is 3.67. The number of thiophene rings is 1. The number of carbonyl (C=O) groups is 1. The second-order valence-electron chi connectivity index (χ2n) is 9.20. The molecule has 6 rings (SSSR count). The number of aromatic hydroxyl groups is 1. The molecule has 13 heteroatoms. The summed E-state index contributed by atoms with van der Waals surface area (Å²) in [6.07, 6.45) is -4.56. The molecule has 208 valence electrons. The minimum Gasteiger partial charge on any atom is -0.508 e. The Bertz CT molecular complexity index is 1870. The van der Waals surface area contributed by atoms with Crippen LogP contribution in [0.4, 0.5) is 13.2 Å². The van der Waals surface area contributed by atoms with Crippen LogP contribution in [0.15, 0.2) is 77.9 Å². The molecule has 0 aliphatic carbocycles. The number of amides is 1. The number of fused-ring (bicyclic) bond motifs is 1. The first-order valence-corrected chi connectivity index (χ1v) is 14.0. The van der Waals surface area contributed by atoms with Gasteiger partial charge in [0, 0.05) is 16.9 Å². The van der Waals surface area contributed by atoms with Gasteiger partial charge >= 0.3 is 6.18 Å². The molecular weight excluding hydrogens is 620 g/mol. The van der Waals surface area contributed by atoms with Gasteiger partial charge in [0.2, 0.25) is 0 Å². The summed E-state index contributed by atoms with van der Waals surface area (Å²) in [6, 6.07) is 17.6. The van der Waals surface area contributed by atoms with Crippen LogP contribution >= 0.6 is 46.1 Å². The van der Waals surface area contributed by atoms with Gasteiger partial charge in [-0.3, -0.25) is 4.79 Å². The summed E-state index contributed by atoms with van der Waals surface area (Å²) in [5.74, 6) is -0.805. The molecule has 0 saturated heterocycles. The molecule has 1 amide bonds. The van der Waals surface area contributed by atoms with Crippen molar-refractivity contribution in [3.05, 3.63) is 110 Å². The molecule has 2 aromatic carbocycles. The molecular formula is C28H16Cl3F3N4O2S. The van der Waals surface area contributed by atoms with Crippen molar-refractivity contribution in [3.63, 3.8) is 0 Å². The van der Waals surface area contributed by atoms with E-state index < -0.39 is 23.8 Å². The fourth-order valence-electron chi connectivity index (χ4n) is 4.70. The minimum atomic E-state index is -4.76. The molecule has 1 aliphatic heterocycles. The number of hydrogen-bond donors (Lipinski definition) is 1. The molecule has 0 fully saturated rings. The summed E-state index contributed by atoms with van der Waals surface area (Å²) in [5, 5.41) is 20.9. The van der Waals surface area contributed by atoms with Crippen LogP contribution in [0.1, 0.15) is 39.8 Å². The van der Waals surface area contributed by atoms with Crippen molar-refractivity contribution in [1.29, 1.82) is 0 Å². The predicted octanol–water partition coefficient (Wildman–Crippen LogP) is 8.74. The van der Waals surface area contributed by atoms with E-state index in [1.165, 1.54) is 18.2 Å². The third-order valence-corrected chi connectivity index (χ3v) is 8.61. The molecule has 1 N–H and O–H groups in total. The summed E-state index contributed by atoms with van der Waals surface area (Å²) in [4.78, 5) is 14.4. The molecule has 0 unspecified atom stereocenters. The summed E-state index contributed by atoms with van der Waals surface area (Å²) in [5.41, 5.74) is 0.536. The number of rotatable bonds is 4. The van der Waals surface area contributed by atoms with E-state index in [-0.39, 0.29) is 28.9 Å². The highest BCUT2D eigenvalue weighted by molar-refractivity contribution is 7.19. The van der Waals surface area contributed by atoms with Crippen molar-refractivity contribution >= 4 is 63.3 Å². The third-order valence-electron chi connectivity index (χ3n) is 6.59. The monoisotopic (exact) mass is 634 g/mol. The lowest BCUT2D eigenvalue weighted by atomic mass is 9.97. The van der Waals surface area contributed by atoms with Crippen molar-refractivity contribution < 1.29 is 23.1 Å². The third kappa shape index (κ3) is 5.17. The Morgan fingerprint density at radius 1 is 0.951 bits per heavy atom. The van der Waals surface area contributed by atoms with Crippen molar-refractivity contribution in [2.75, 3.05) is 0 Å². The molecule has 0 spiro atoms. The number of hydrogen-bond acceptors (Lipinski definition) is 5. The Hall–Kier alpha value is -3.57. The molecule has 0 bridgehead atoms. The van der Waals surface area contributed by atoms with E-state index in [9.17, 15) is 23.1 Å². The van der Waals surface area contributed by atoms with Gasteiger partial charge in [-0.25, -0.2) is 9.52 Å². The van der Waals surface area contributed by atoms with Gasteiger partial charge in [0.05, 0.1) is 31.7 Å². The van der Waals surface area contributed by atoms with Gasteiger partial charge in [0.15, 0.2) is 5.69 Å². The molecule has 5 aromatic rings. The number of hydrazone groups is 1. The van der Waals surface area contributed by atoms with Gasteiger partial charge < -0.3 is 5.11 Å². The largest absolute Gasteiger partial charge is 0.508 e. The van der Waals surface area contributed by atoms with Crippen LogP contribution in [-0.2, 0) is 6.18 Å². The minimum absolute atomic E-state index is 0.0606.